The number of hydrogen-bond donors (Lipinski definition) is 2. The quantitative estimate of drug-likeness (QED) is 0.656. The molecule has 0 bridgehead atoms. The lowest BCUT2D eigenvalue weighted by atomic mass is 9.89. The van der Waals surface area contributed by atoms with E-state index in [-0.39, 0.29) is 0 Å². The molecular weight excluding hydrogens is 378 g/mol. The van der Waals surface area contributed by atoms with Crippen LogP contribution >= 0.6 is 0 Å². The molecule has 10 heteroatoms. The van der Waals surface area contributed by atoms with Crippen molar-refractivity contribution in [3.05, 3.63) is 31.0 Å². The number of nitrogens with zero attached hydrogens (tertiary/aromatic N) is 5. The minimum Gasteiger partial charge on any atom is -0.346 e. The molecule has 2 N–H and O–H groups in total. The van der Waals surface area contributed by atoms with E-state index in [0.717, 1.165) is 16.6 Å². The highest BCUT2D eigenvalue weighted by molar-refractivity contribution is 7.94. The van der Waals surface area contributed by atoms with Crippen molar-refractivity contribution >= 4 is 20.9 Å². The van der Waals surface area contributed by atoms with Crippen molar-refractivity contribution in [1.82, 2.24) is 30.0 Å². The van der Waals surface area contributed by atoms with Crippen LogP contribution in [0, 0.1) is 11.3 Å². The molecule has 0 aromatic carbocycles. The highest BCUT2D eigenvalue weighted by Gasteiger charge is 2.61. The number of H-pyrrole nitrogens is 1. The summed E-state index contributed by atoms with van der Waals surface area (Å²) in [5, 5.41) is 17.1. The van der Waals surface area contributed by atoms with Crippen LogP contribution in [-0.2, 0) is 15.4 Å². The first-order chi connectivity index (χ1) is 13.4. The number of rotatable bonds is 5. The van der Waals surface area contributed by atoms with Gasteiger partial charge in [-0.15, -0.1) is 0 Å². The molecule has 9 nitrogen and oxygen atoms in total. The van der Waals surface area contributed by atoms with Crippen LogP contribution in [0.3, 0.4) is 0 Å². The number of aromatic amines is 1. The number of nitrogens with one attached hydrogen (secondary N) is 2. The maximum atomic E-state index is 13.2. The average Bonchev–Trinajstić information content (AvgIpc) is 3.08. The largest absolute Gasteiger partial charge is 0.346 e. The zero-order valence-corrected chi connectivity index (χ0v) is 16.1. The standard InChI is InChI=1S/C18H19N7O2S/c1-17(3-4-17)28(26,27)14(6-19)18(9-20-10-18)25-8-12(7-24-25)15-13-2-5-21-16(13)23-11-22-15/h2,5,7-8,11,14,20H,3-4,9-10H2,1H3,(H,21,22,23). The summed E-state index contributed by atoms with van der Waals surface area (Å²) in [6, 6.07) is 3.97. The van der Waals surface area contributed by atoms with Gasteiger partial charge < -0.3 is 10.3 Å². The van der Waals surface area contributed by atoms with E-state index in [2.05, 4.69) is 31.4 Å². The van der Waals surface area contributed by atoms with Gasteiger partial charge >= 0.3 is 0 Å². The summed E-state index contributed by atoms with van der Waals surface area (Å²) in [6.07, 6.45) is 7.92. The first-order valence-electron chi connectivity index (χ1n) is 9.09. The number of hydrogen-bond acceptors (Lipinski definition) is 7. The lowest BCUT2D eigenvalue weighted by molar-refractivity contribution is 0.162. The van der Waals surface area contributed by atoms with Crippen LogP contribution in [0.2, 0.25) is 0 Å². The minimum absolute atomic E-state index is 0.380. The predicted octanol–water partition coefficient (Wildman–Crippen LogP) is 0.979. The maximum absolute atomic E-state index is 13.2. The lowest BCUT2D eigenvalue weighted by Crippen LogP contribution is -2.68. The van der Waals surface area contributed by atoms with Gasteiger partial charge in [0.15, 0.2) is 15.1 Å². The summed E-state index contributed by atoms with van der Waals surface area (Å²) in [7, 11) is -3.62. The van der Waals surface area contributed by atoms with E-state index in [1.54, 1.807) is 30.2 Å². The van der Waals surface area contributed by atoms with Crippen molar-refractivity contribution in [2.45, 2.75) is 35.3 Å². The van der Waals surface area contributed by atoms with Gasteiger partial charge in [0.1, 0.15) is 17.5 Å². The van der Waals surface area contributed by atoms with Crippen LogP contribution in [0.5, 0.6) is 0 Å². The lowest BCUT2D eigenvalue weighted by Gasteiger charge is -2.45. The third-order valence-electron chi connectivity index (χ3n) is 6.09. The monoisotopic (exact) mass is 397 g/mol. The smallest absolute Gasteiger partial charge is 0.176 e. The van der Waals surface area contributed by atoms with Gasteiger partial charge in [-0.3, -0.25) is 4.68 Å². The minimum atomic E-state index is -3.62. The molecule has 1 aliphatic heterocycles. The third kappa shape index (κ3) is 2.20. The Morgan fingerprint density at radius 1 is 1.32 bits per heavy atom. The molecule has 4 heterocycles. The Labute approximate surface area is 161 Å². The summed E-state index contributed by atoms with van der Waals surface area (Å²) in [5.74, 6) is 0. The van der Waals surface area contributed by atoms with Gasteiger partial charge in [-0.1, -0.05) is 0 Å². The molecule has 1 aliphatic carbocycles. The molecular formula is C18H19N7O2S. The van der Waals surface area contributed by atoms with E-state index in [1.807, 2.05) is 6.07 Å². The van der Waals surface area contributed by atoms with E-state index in [9.17, 15) is 13.7 Å². The van der Waals surface area contributed by atoms with Gasteiger partial charge in [-0.25, -0.2) is 18.4 Å². The molecule has 2 aliphatic rings. The molecule has 0 amide bonds. The van der Waals surface area contributed by atoms with Crippen molar-refractivity contribution in [2.24, 2.45) is 0 Å². The predicted molar refractivity (Wildman–Crippen MR) is 102 cm³/mol. The fourth-order valence-electron chi connectivity index (χ4n) is 3.86. The summed E-state index contributed by atoms with van der Waals surface area (Å²) in [4.78, 5) is 11.6. The van der Waals surface area contributed by atoms with Gasteiger partial charge in [0.25, 0.3) is 0 Å². The van der Waals surface area contributed by atoms with Gasteiger partial charge in [-0.05, 0) is 25.8 Å². The Hall–Kier alpha value is -2.77. The van der Waals surface area contributed by atoms with Crippen molar-refractivity contribution in [1.29, 1.82) is 5.26 Å². The van der Waals surface area contributed by atoms with E-state index in [4.69, 9.17) is 0 Å². The molecule has 5 rings (SSSR count). The van der Waals surface area contributed by atoms with Crippen molar-refractivity contribution in [2.75, 3.05) is 13.1 Å². The van der Waals surface area contributed by atoms with Crippen LogP contribution in [-0.4, -0.2) is 56.2 Å². The molecule has 0 spiro atoms. The zero-order valence-electron chi connectivity index (χ0n) is 15.3. The Bertz CT molecular complexity index is 1210. The highest BCUT2D eigenvalue weighted by atomic mass is 32.2. The summed E-state index contributed by atoms with van der Waals surface area (Å²) in [6.45, 7) is 2.49. The number of fused-ring (bicyclic) bond motifs is 1. The highest BCUT2D eigenvalue weighted by Crippen LogP contribution is 2.48. The molecule has 1 unspecified atom stereocenters. The SMILES string of the molecule is CC1(S(=O)(=O)C(C#N)C2(n3cc(-c4ncnc5[nH]ccc45)cn3)CNC2)CC1. The van der Waals surface area contributed by atoms with Crippen molar-refractivity contribution < 1.29 is 8.42 Å². The fourth-order valence-corrected chi connectivity index (χ4v) is 6.09. The molecule has 3 aromatic heterocycles. The molecule has 144 valence electrons. The van der Waals surface area contributed by atoms with E-state index < -0.39 is 25.4 Å². The van der Waals surface area contributed by atoms with Gasteiger partial charge in [0.05, 0.1) is 22.7 Å². The van der Waals surface area contributed by atoms with Gasteiger partial charge in [-0.2, -0.15) is 10.4 Å². The van der Waals surface area contributed by atoms with E-state index in [1.165, 1.54) is 6.33 Å². The van der Waals surface area contributed by atoms with E-state index >= 15 is 0 Å². The van der Waals surface area contributed by atoms with Crippen molar-refractivity contribution in [3.63, 3.8) is 0 Å². The zero-order chi connectivity index (χ0) is 19.6. The molecule has 0 radical (unpaired) electrons. The second kappa shape index (κ2) is 5.62. The molecule has 2 fully saturated rings. The molecule has 1 saturated heterocycles. The topological polar surface area (TPSA) is 129 Å². The van der Waals surface area contributed by atoms with Gasteiger partial charge in [0, 0.05) is 36.4 Å². The fraction of sp³-hybridized carbons (Fsp3) is 0.444. The van der Waals surface area contributed by atoms with E-state index in [0.29, 0.717) is 31.6 Å². The van der Waals surface area contributed by atoms with Crippen LogP contribution < -0.4 is 5.32 Å². The van der Waals surface area contributed by atoms with Crippen molar-refractivity contribution in [3.8, 4) is 17.3 Å². The van der Waals surface area contributed by atoms with Crippen LogP contribution in [0.1, 0.15) is 19.8 Å². The molecule has 28 heavy (non-hydrogen) atoms. The average molecular weight is 397 g/mol. The summed E-state index contributed by atoms with van der Waals surface area (Å²) < 4.78 is 27.2. The van der Waals surface area contributed by atoms with Gasteiger partial charge in [0.2, 0.25) is 0 Å². The normalized spacial score (nSPS) is 21.0. The number of sulfone groups is 1. The number of aromatic nitrogens is 5. The Morgan fingerprint density at radius 3 is 2.75 bits per heavy atom. The molecule has 1 atom stereocenters. The molecule has 1 saturated carbocycles. The second-order valence-corrected chi connectivity index (χ2v) is 10.4. The Morgan fingerprint density at radius 2 is 2.11 bits per heavy atom. The Kier molecular flexibility index (Phi) is 3.48. The van der Waals surface area contributed by atoms with Crippen LogP contribution in [0.25, 0.3) is 22.3 Å². The first kappa shape index (κ1) is 17.3. The maximum Gasteiger partial charge on any atom is 0.176 e. The second-order valence-electron chi connectivity index (χ2n) is 7.85. The first-order valence-corrected chi connectivity index (χ1v) is 10.6. The Balaban J connectivity index is 1.59. The van der Waals surface area contributed by atoms with Crippen LogP contribution in [0.4, 0.5) is 0 Å². The summed E-state index contributed by atoms with van der Waals surface area (Å²) in [5.41, 5.74) is 1.27. The third-order valence-corrected chi connectivity index (χ3v) is 9.03. The summed E-state index contributed by atoms with van der Waals surface area (Å²) >= 11 is 0. The molecule has 3 aromatic rings. The van der Waals surface area contributed by atoms with Crippen LogP contribution in [0.15, 0.2) is 31.0 Å². The number of nitriles is 1.